The molecule has 5 rings (SSSR count). The Hall–Kier alpha value is -3.15. The fraction of sp³-hybridized carbons (Fsp3) is 0.483. The van der Waals surface area contributed by atoms with Crippen molar-refractivity contribution < 1.29 is 14.3 Å². The van der Waals surface area contributed by atoms with Crippen LogP contribution in [-0.2, 0) is 16.0 Å². The molecule has 35 heavy (non-hydrogen) atoms. The van der Waals surface area contributed by atoms with Crippen LogP contribution in [0.3, 0.4) is 0 Å². The van der Waals surface area contributed by atoms with Crippen molar-refractivity contribution in [3.8, 4) is 11.4 Å². The Morgan fingerprint density at radius 1 is 0.943 bits per heavy atom. The number of hydrogen-bond acceptors (Lipinski definition) is 4. The van der Waals surface area contributed by atoms with Crippen LogP contribution >= 0.6 is 0 Å². The second-order valence-corrected chi connectivity index (χ2v) is 10.0. The normalized spacial score (nSPS) is 17.4. The third-order valence-corrected chi connectivity index (χ3v) is 7.63. The van der Waals surface area contributed by atoms with Crippen molar-refractivity contribution in [2.75, 3.05) is 7.11 Å². The van der Waals surface area contributed by atoms with Crippen LogP contribution in [0.1, 0.15) is 86.2 Å². The standard InChI is InChI=1S/C29H35N3O3/c1-35-29(34)21-17-15-20(16-18-21)28-31-27-22(19-26(33)30-23-10-4-2-5-11-23)9-8-14-25(27)32(28)24-12-6-3-7-13-24/h8-9,14-18,23-24H,2-7,10-13,19H2,1H3,(H,30,33). The molecule has 2 aliphatic rings. The number of amides is 1. The lowest BCUT2D eigenvalue weighted by Gasteiger charge is -2.25. The van der Waals surface area contributed by atoms with Gasteiger partial charge in [0.15, 0.2) is 0 Å². The average molecular weight is 474 g/mol. The van der Waals surface area contributed by atoms with E-state index in [2.05, 4.69) is 22.0 Å². The first-order valence-corrected chi connectivity index (χ1v) is 13.1. The van der Waals surface area contributed by atoms with Gasteiger partial charge < -0.3 is 14.6 Å². The van der Waals surface area contributed by atoms with Gasteiger partial charge in [-0.15, -0.1) is 0 Å². The highest BCUT2D eigenvalue weighted by Gasteiger charge is 2.24. The Balaban J connectivity index is 1.50. The van der Waals surface area contributed by atoms with E-state index in [-0.39, 0.29) is 11.9 Å². The molecule has 0 radical (unpaired) electrons. The zero-order chi connectivity index (χ0) is 24.2. The summed E-state index contributed by atoms with van der Waals surface area (Å²) in [7, 11) is 1.39. The summed E-state index contributed by atoms with van der Waals surface area (Å²) < 4.78 is 7.24. The maximum absolute atomic E-state index is 12.9. The van der Waals surface area contributed by atoms with E-state index in [1.807, 2.05) is 18.2 Å². The van der Waals surface area contributed by atoms with E-state index in [1.165, 1.54) is 45.6 Å². The maximum Gasteiger partial charge on any atom is 0.337 e. The summed E-state index contributed by atoms with van der Waals surface area (Å²) in [5, 5.41) is 3.25. The van der Waals surface area contributed by atoms with Gasteiger partial charge in [0.1, 0.15) is 5.82 Å². The van der Waals surface area contributed by atoms with Crippen molar-refractivity contribution >= 4 is 22.9 Å². The fourth-order valence-corrected chi connectivity index (χ4v) is 5.80. The first-order valence-electron chi connectivity index (χ1n) is 13.1. The summed E-state index contributed by atoms with van der Waals surface area (Å²) >= 11 is 0. The molecule has 0 bridgehead atoms. The molecule has 6 heteroatoms. The molecular weight excluding hydrogens is 438 g/mol. The molecule has 184 valence electrons. The van der Waals surface area contributed by atoms with Crippen LogP contribution in [0.4, 0.5) is 0 Å². The van der Waals surface area contributed by atoms with E-state index in [0.717, 1.165) is 53.7 Å². The molecule has 1 aromatic heterocycles. The van der Waals surface area contributed by atoms with Gasteiger partial charge in [-0.3, -0.25) is 4.79 Å². The molecule has 2 saturated carbocycles. The molecule has 0 spiro atoms. The highest BCUT2D eigenvalue weighted by Crippen LogP contribution is 2.37. The number of fused-ring (bicyclic) bond motifs is 1. The third kappa shape index (κ3) is 5.12. The van der Waals surface area contributed by atoms with Gasteiger partial charge in [0.25, 0.3) is 0 Å². The van der Waals surface area contributed by atoms with Gasteiger partial charge in [0.2, 0.25) is 5.91 Å². The largest absolute Gasteiger partial charge is 0.465 e. The van der Waals surface area contributed by atoms with E-state index >= 15 is 0 Å². The van der Waals surface area contributed by atoms with E-state index in [0.29, 0.717) is 24.1 Å². The Morgan fingerprint density at radius 2 is 1.63 bits per heavy atom. The SMILES string of the molecule is COC(=O)c1ccc(-c2nc3c(CC(=O)NC4CCCCC4)cccc3n2C2CCCCC2)cc1. The summed E-state index contributed by atoms with van der Waals surface area (Å²) in [5.41, 5.74) is 4.46. The summed E-state index contributed by atoms with van der Waals surface area (Å²) in [6.07, 6.45) is 12.1. The molecule has 0 unspecified atom stereocenters. The summed E-state index contributed by atoms with van der Waals surface area (Å²) in [6.45, 7) is 0. The number of ether oxygens (including phenoxy) is 1. The zero-order valence-electron chi connectivity index (χ0n) is 20.6. The number of nitrogens with zero attached hydrogens (tertiary/aromatic N) is 2. The zero-order valence-corrected chi connectivity index (χ0v) is 20.6. The minimum absolute atomic E-state index is 0.0839. The highest BCUT2D eigenvalue weighted by atomic mass is 16.5. The van der Waals surface area contributed by atoms with E-state index in [9.17, 15) is 9.59 Å². The van der Waals surface area contributed by atoms with Crippen molar-refractivity contribution in [1.82, 2.24) is 14.9 Å². The fourth-order valence-electron chi connectivity index (χ4n) is 5.80. The molecule has 0 atom stereocenters. The molecular formula is C29H35N3O3. The van der Waals surface area contributed by atoms with Crippen LogP contribution in [0.2, 0.25) is 0 Å². The second-order valence-electron chi connectivity index (χ2n) is 10.0. The van der Waals surface area contributed by atoms with Crippen molar-refractivity contribution in [3.05, 3.63) is 53.6 Å². The molecule has 0 aliphatic heterocycles. The van der Waals surface area contributed by atoms with Crippen molar-refractivity contribution in [2.45, 2.75) is 82.7 Å². The van der Waals surface area contributed by atoms with Crippen LogP contribution in [0.15, 0.2) is 42.5 Å². The molecule has 2 aliphatic carbocycles. The molecule has 0 saturated heterocycles. The lowest BCUT2D eigenvalue weighted by molar-refractivity contribution is -0.121. The van der Waals surface area contributed by atoms with Gasteiger partial charge >= 0.3 is 5.97 Å². The van der Waals surface area contributed by atoms with Gasteiger partial charge in [0.05, 0.1) is 30.1 Å². The van der Waals surface area contributed by atoms with Gasteiger partial charge in [-0.05, 0) is 49.4 Å². The number of para-hydroxylation sites is 1. The number of aromatic nitrogens is 2. The average Bonchev–Trinajstić information content (AvgIpc) is 3.30. The number of benzene rings is 2. The topological polar surface area (TPSA) is 73.2 Å². The molecule has 1 N–H and O–H groups in total. The molecule has 3 aromatic rings. The van der Waals surface area contributed by atoms with E-state index in [4.69, 9.17) is 9.72 Å². The monoisotopic (exact) mass is 473 g/mol. The molecule has 2 fully saturated rings. The van der Waals surface area contributed by atoms with Gasteiger partial charge in [0, 0.05) is 17.6 Å². The lowest BCUT2D eigenvalue weighted by Crippen LogP contribution is -2.37. The van der Waals surface area contributed by atoms with Crippen LogP contribution in [0, 0.1) is 0 Å². The van der Waals surface area contributed by atoms with Crippen LogP contribution in [-0.4, -0.2) is 34.6 Å². The Kier molecular flexibility index (Phi) is 7.16. The first kappa shape index (κ1) is 23.6. The van der Waals surface area contributed by atoms with Crippen molar-refractivity contribution in [1.29, 1.82) is 0 Å². The minimum atomic E-state index is -0.344. The summed E-state index contributed by atoms with van der Waals surface area (Å²) in [6, 6.07) is 14.4. The number of nitrogens with one attached hydrogen (secondary N) is 1. The van der Waals surface area contributed by atoms with Gasteiger partial charge in [-0.2, -0.15) is 0 Å². The Labute approximate surface area is 207 Å². The smallest absolute Gasteiger partial charge is 0.337 e. The number of carbonyl (C=O) groups is 2. The van der Waals surface area contributed by atoms with E-state index < -0.39 is 0 Å². The maximum atomic E-state index is 12.9. The van der Waals surface area contributed by atoms with Crippen molar-refractivity contribution in [2.24, 2.45) is 0 Å². The van der Waals surface area contributed by atoms with Gasteiger partial charge in [-0.1, -0.05) is 62.8 Å². The number of esters is 1. The lowest BCUT2D eigenvalue weighted by atomic mass is 9.94. The predicted molar refractivity (Wildman–Crippen MR) is 137 cm³/mol. The summed E-state index contributed by atoms with van der Waals surface area (Å²) in [5.74, 6) is 0.646. The molecule has 1 heterocycles. The minimum Gasteiger partial charge on any atom is -0.465 e. The Bertz CT molecular complexity index is 1190. The predicted octanol–water partition coefficient (Wildman–Crippen LogP) is 5.99. The number of imidazole rings is 1. The molecule has 1 amide bonds. The molecule has 2 aromatic carbocycles. The third-order valence-electron chi connectivity index (χ3n) is 7.63. The number of rotatable bonds is 6. The highest BCUT2D eigenvalue weighted by molar-refractivity contribution is 5.91. The number of methoxy groups -OCH3 is 1. The number of hydrogen-bond donors (Lipinski definition) is 1. The Morgan fingerprint density at radius 3 is 2.31 bits per heavy atom. The second kappa shape index (κ2) is 10.6. The molecule has 6 nitrogen and oxygen atoms in total. The van der Waals surface area contributed by atoms with Crippen molar-refractivity contribution in [3.63, 3.8) is 0 Å². The number of carbonyl (C=O) groups excluding carboxylic acids is 2. The van der Waals surface area contributed by atoms with Gasteiger partial charge in [-0.25, -0.2) is 9.78 Å². The van der Waals surface area contributed by atoms with E-state index in [1.54, 1.807) is 12.1 Å². The first-order chi connectivity index (χ1) is 17.1. The van der Waals surface area contributed by atoms with Crippen LogP contribution < -0.4 is 5.32 Å². The summed E-state index contributed by atoms with van der Waals surface area (Å²) in [4.78, 5) is 30.0. The quantitative estimate of drug-likeness (QED) is 0.447. The van der Waals surface area contributed by atoms with Crippen LogP contribution in [0.5, 0.6) is 0 Å². The van der Waals surface area contributed by atoms with Crippen LogP contribution in [0.25, 0.3) is 22.4 Å².